The summed E-state index contributed by atoms with van der Waals surface area (Å²) in [4.78, 5) is 0. The Hall–Kier alpha value is -1.49. The van der Waals surface area contributed by atoms with Gasteiger partial charge in [0, 0.05) is 11.8 Å². The van der Waals surface area contributed by atoms with Crippen LogP contribution in [0.4, 0.5) is 13.2 Å². The van der Waals surface area contributed by atoms with Crippen molar-refractivity contribution in [2.75, 3.05) is 6.54 Å². The smallest absolute Gasteiger partial charge is 0.416 e. The minimum atomic E-state index is -4.33. The lowest BCUT2D eigenvalue weighted by atomic mass is 10.1. The minimum absolute atomic E-state index is 0.270. The zero-order valence-electron chi connectivity index (χ0n) is 9.05. The van der Waals surface area contributed by atoms with E-state index in [1.54, 1.807) is 6.07 Å². The van der Waals surface area contributed by atoms with E-state index >= 15 is 0 Å². The number of nitrogens with two attached hydrogens (primary N) is 1. The maximum absolute atomic E-state index is 12.5. The number of fused-ring (bicyclic) bond motifs is 1. The van der Waals surface area contributed by atoms with Gasteiger partial charge in [0.2, 0.25) is 0 Å². The molecule has 0 unspecified atom stereocenters. The summed E-state index contributed by atoms with van der Waals surface area (Å²) in [6.45, 7) is 0.533. The Morgan fingerprint density at radius 2 is 1.94 bits per heavy atom. The van der Waals surface area contributed by atoms with E-state index in [-0.39, 0.29) is 5.58 Å². The summed E-state index contributed by atoms with van der Waals surface area (Å²) in [7, 11) is 0. The Morgan fingerprint density at radius 1 is 1.18 bits per heavy atom. The van der Waals surface area contributed by atoms with Gasteiger partial charge < -0.3 is 10.2 Å². The average molecular weight is 243 g/mol. The van der Waals surface area contributed by atoms with Crippen molar-refractivity contribution in [2.24, 2.45) is 5.73 Å². The number of rotatable bonds is 3. The molecule has 1 heterocycles. The van der Waals surface area contributed by atoms with Crippen LogP contribution in [0.5, 0.6) is 0 Å². The number of aryl methyl sites for hydroxylation is 1. The highest BCUT2D eigenvalue weighted by molar-refractivity contribution is 5.78. The summed E-state index contributed by atoms with van der Waals surface area (Å²) in [5.74, 6) is 0.671. The molecule has 0 fully saturated rings. The van der Waals surface area contributed by atoms with Gasteiger partial charge in [0.15, 0.2) is 0 Å². The highest BCUT2D eigenvalue weighted by Crippen LogP contribution is 2.32. The third-order valence-electron chi connectivity index (χ3n) is 2.53. The molecule has 92 valence electrons. The molecule has 0 saturated carbocycles. The van der Waals surface area contributed by atoms with Crippen molar-refractivity contribution < 1.29 is 17.6 Å². The van der Waals surface area contributed by atoms with Gasteiger partial charge in [-0.3, -0.25) is 0 Å². The molecule has 0 aliphatic rings. The summed E-state index contributed by atoms with van der Waals surface area (Å²) in [6.07, 6.45) is -2.93. The van der Waals surface area contributed by atoms with E-state index in [4.69, 9.17) is 10.2 Å². The Morgan fingerprint density at radius 3 is 2.59 bits per heavy atom. The molecule has 2 aromatic rings. The Labute approximate surface area is 96.2 Å². The third-order valence-corrected chi connectivity index (χ3v) is 2.53. The highest BCUT2D eigenvalue weighted by Gasteiger charge is 2.30. The Balaban J connectivity index is 2.34. The molecule has 0 atom stereocenters. The standard InChI is InChI=1S/C12H12F3NO/c13-12(14,15)9-4-3-8-6-10(2-1-5-16)17-11(8)7-9/h3-4,6-7H,1-2,5,16H2. The maximum Gasteiger partial charge on any atom is 0.416 e. The first kappa shape index (κ1) is 12.0. The van der Waals surface area contributed by atoms with E-state index in [1.807, 2.05) is 0 Å². The van der Waals surface area contributed by atoms with Crippen LogP contribution in [-0.2, 0) is 12.6 Å². The molecule has 2 N–H and O–H groups in total. The van der Waals surface area contributed by atoms with E-state index in [2.05, 4.69) is 0 Å². The molecule has 2 nitrogen and oxygen atoms in total. The van der Waals surface area contributed by atoms with E-state index in [9.17, 15) is 13.2 Å². The van der Waals surface area contributed by atoms with Gasteiger partial charge in [-0.1, -0.05) is 6.07 Å². The largest absolute Gasteiger partial charge is 0.461 e. The zero-order chi connectivity index (χ0) is 12.5. The van der Waals surface area contributed by atoms with E-state index in [0.29, 0.717) is 24.1 Å². The van der Waals surface area contributed by atoms with Crippen molar-refractivity contribution in [1.82, 2.24) is 0 Å². The van der Waals surface area contributed by atoms with Crippen LogP contribution in [0.2, 0.25) is 0 Å². The van der Waals surface area contributed by atoms with Crippen molar-refractivity contribution in [1.29, 1.82) is 0 Å². The molecular formula is C12H12F3NO. The Bertz CT molecular complexity index is 516. The first-order valence-electron chi connectivity index (χ1n) is 5.30. The first-order chi connectivity index (χ1) is 8.00. The predicted molar refractivity (Wildman–Crippen MR) is 58.6 cm³/mol. The molecule has 1 aromatic carbocycles. The number of furan rings is 1. The van der Waals surface area contributed by atoms with Crippen molar-refractivity contribution in [3.05, 3.63) is 35.6 Å². The normalized spacial score (nSPS) is 12.2. The van der Waals surface area contributed by atoms with Crippen LogP contribution in [0, 0.1) is 0 Å². The molecular weight excluding hydrogens is 231 g/mol. The van der Waals surface area contributed by atoms with Gasteiger partial charge in [0.1, 0.15) is 11.3 Å². The van der Waals surface area contributed by atoms with E-state index < -0.39 is 11.7 Å². The van der Waals surface area contributed by atoms with E-state index in [1.165, 1.54) is 6.07 Å². The quantitative estimate of drug-likeness (QED) is 0.897. The lowest BCUT2D eigenvalue weighted by Crippen LogP contribution is -2.03. The molecule has 17 heavy (non-hydrogen) atoms. The average Bonchev–Trinajstić information content (AvgIpc) is 2.66. The second-order valence-electron chi connectivity index (χ2n) is 3.86. The molecule has 5 heteroatoms. The maximum atomic E-state index is 12.5. The van der Waals surface area contributed by atoms with Crippen molar-refractivity contribution in [3.8, 4) is 0 Å². The van der Waals surface area contributed by atoms with Crippen molar-refractivity contribution in [3.63, 3.8) is 0 Å². The summed E-state index contributed by atoms with van der Waals surface area (Å²) in [5.41, 5.74) is 4.94. The van der Waals surface area contributed by atoms with Crippen LogP contribution in [0.1, 0.15) is 17.7 Å². The minimum Gasteiger partial charge on any atom is -0.461 e. The number of alkyl halides is 3. The lowest BCUT2D eigenvalue weighted by Gasteiger charge is -2.04. The summed E-state index contributed by atoms with van der Waals surface area (Å²) in [5, 5.41) is 0.685. The van der Waals surface area contributed by atoms with Gasteiger partial charge in [0.25, 0.3) is 0 Å². The molecule has 1 aromatic heterocycles. The van der Waals surface area contributed by atoms with Crippen LogP contribution < -0.4 is 5.73 Å². The van der Waals surface area contributed by atoms with E-state index in [0.717, 1.165) is 18.6 Å². The zero-order valence-corrected chi connectivity index (χ0v) is 9.05. The number of benzene rings is 1. The summed E-state index contributed by atoms with van der Waals surface area (Å²) >= 11 is 0. The lowest BCUT2D eigenvalue weighted by molar-refractivity contribution is -0.137. The van der Waals surface area contributed by atoms with Crippen LogP contribution >= 0.6 is 0 Å². The summed E-state index contributed by atoms with van der Waals surface area (Å²) in [6, 6.07) is 5.27. The molecule has 0 radical (unpaired) electrons. The SMILES string of the molecule is NCCCc1cc2ccc(C(F)(F)F)cc2o1. The summed E-state index contributed by atoms with van der Waals surface area (Å²) < 4.78 is 42.8. The molecule has 0 spiro atoms. The second kappa shape index (κ2) is 4.41. The fraction of sp³-hybridized carbons (Fsp3) is 0.333. The van der Waals surface area contributed by atoms with Crippen LogP contribution in [0.25, 0.3) is 11.0 Å². The molecule has 2 rings (SSSR count). The first-order valence-corrected chi connectivity index (χ1v) is 5.30. The molecule has 0 aliphatic carbocycles. The number of hydrogen-bond acceptors (Lipinski definition) is 2. The van der Waals surface area contributed by atoms with Gasteiger partial charge in [-0.2, -0.15) is 13.2 Å². The molecule has 0 bridgehead atoms. The van der Waals surface area contributed by atoms with Crippen LogP contribution in [0.15, 0.2) is 28.7 Å². The fourth-order valence-electron chi connectivity index (χ4n) is 1.66. The van der Waals surface area contributed by atoms with Crippen molar-refractivity contribution in [2.45, 2.75) is 19.0 Å². The molecule has 0 aliphatic heterocycles. The molecule has 0 amide bonds. The van der Waals surface area contributed by atoms with Gasteiger partial charge in [0.05, 0.1) is 5.56 Å². The van der Waals surface area contributed by atoms with Gasteiger partial charge in [-0.25, -0.2) is 0 Å². The van der Waals surface area contributed by atoms with Crippen LogP contribution in [0.3, 0.4) is 0 Å². The second-order valence-corrected chi connectivity index (χ2v) is 3.86. The molecule has 0 saturated heterocycles. The number of hydrogen-bond donors (Lipinski definition) is 1. The topological polar surface area (TPSA) is 39.2 Å². The highest BCUT2D eigenvalue weighted by atomic mass is 19.4. The third kappa shape index (κ3) is 2.61. The predicted octanol–water partition coefficient (Wildman–Crippen LogP) is 3.34. The van der Waals surface area contributed by atoms with Gasteiger partial charge in [-0.15, -0.1) is 0 Å². The number of halogens is 3. The fourth-order valence-corrected chi connectivity index (χ4v) is 1.66. The van der Waals surface area contributed by atoms with Crippen molar-refractivity contribution >= 4 is 11.0 Å². The monoisotopic (exact) mass is 243 g/mol. The van der Waals surface area contributed by atoms with Gasteiger partial charge in [-0.05, 0) is 31.2 Å². The Kier molecular flexibility index (Phi) is 3.11. The van der Waals surface area contributed by atoms with Gasteiger partial charge >= 0.3 is 6.18 Å². The van der Waals surface area contributed by atoms with Crippen LogP contribution in [-0.4, -0.2) is 6.54 Å².